The van der Waals surface area contributed by atoms with Crippen LogP contribution in [0.25, 0.3) is 0 Å². The lowest BCUT2D eigenvalue weighted by Gasteiger charge is -2.23. The first-order valence-electron chi connectivity index (χ1n) is 7.76. The van der Waals surface area contributed by atoms with E-state index < -0.39 is 6.04 Å². The van der Waals surface area contributed by atoms with Gasteiger partial charge in [-0.3, -0.25) is 14.5 Å². The van der Waals surface area contributed by atoms with Crippen LogP contribution in [0, 0.1) is 0 Å². The quantitative estimate of drug-likeness (QED) is 0.776. The van der Waals surface area contributed by atoms with Crippen molar-refractivity contribution in [2.45, 2.75) is 31.3 Å². The molecule has 4 rings (SSSR count). The number of amides is 4. The fourth-order valence-corrected chi connectivity index (χ4v) is 3.98. The van der Waals surface area contributed by atoms with E-state index in [9.17, 15) is 14.4 Å². The number of para-hydroxylation sites is 1. The molecule has 4 amide bonds. The van der Waals surface area contributed by atoms with Gasteiger partial charge in [-0.2, -0.15) is 0 Å². The van der Waals surface area contributed by atoms with Gasteiger partial charge in [0.25, 0.3) is 5.91 Å². The molecule has 3 fully saturated rings. The number of imide groups is 1. The minimum atomic E-state index is -0.413. The molecular weight excluding hydrogens is 318 g/mol. The summed E-state index contributed by atoms with van der Waals surface area (Å²) < 4.78 is 0. The molecule has 0 saturated carbocycles. The zero-order valence-electron chi connectivity index (χ0n) is 12.4. The third-order valence-electron chi connectivity index (χ3n) is 4.84. The van der Waals surface area contributed by atoms with Gasteiger partial charge >= 0.3 is 6.03 Å². The Morgan fingerprint density at radius 1 is 1.13 bits per heavy atom. The molecule has 23 heavy (non-hydrogen) atoms. The van der Waals surface area contributed by atoms with Gasteiger partial charge in [-0.05, 0) is 25.0 Å². The number of halogens is 1. The predicted molar refractivity (Wildman–Crippen MR) is 84.2 cm³/mol. The minimum absolute atomic E-state index is 0.115. The van der Waals surface area contributed by atoms with Gasteiger partial charge in [0.2, 0.25) is 5.91 Å². The highest BCUT2D eigenvalue weighted by Crippen LogP contribution is 2.34. The molecule has 7 heteroatoms. The molecule has 0 radical (unpaired) electrons. The van der Waals surface area contributed by atoms with E-state index in [1.165, 1.54) is 4.90 Å². The average Bonchev–Trinajstić information content (AvgIpc) is 3.19. The normalized spacial score (nSPS) is 27.3. The van der Waals surface area contributed by atoms with Crippen molar-refractivity contribution in [3.8, 4) is 0 Å². The van der Waals surface area contributed by atoms with Gasteiger partial charge in [0.05, 0.1) is 16.8 Å². The fraction of sp³-hybridized carbons (Fsp3) is 0.438. The fourth-order valence-electron chi connectivity index (χ4n) is 3.75. The van der Waals surface area contributed by atoms with Crippen molar-refractivity contribution in [2.24, 2.45) is 0 Å². The third kappa shape index (κ3) is 2.12. The predicted octanol–water partition coefficient (Wildman–Crippen LogP) is 1.87. The van der Waals surface area contributed by atoms with E-state index in [2.05, 4.69) is 0 Å². The number of urea groups is 1. The summed E-state index contributed by atoms with van der Waals surface area (Å²) in [6.45, 7) is 0.932. The van der Waals surface area contributed by atoms with Crippen LogP contribution >= 0.6 is 11.6 Å². The summed E-state index contributed by atoms with van der Waals surface area (Å²) in [5.74, 6) is -0.276. The van der Waals surface area contributed by atoms with Crippen molar-refractivity contribution in [2.75, 3.05) is 18.0 Å². The van der Waals surface area contributed by atoms with Gasteiger partial charge in [0, 0.05) is 19.5 Å². The van der Waals surface area contributed by atoms with Crippen LogP contribution in [-0.4, -0.2) is 52.8 Å². The number of anilines is 1. The van der Waals surface area contributed by atoms with Crippen molar-refractivity contribution in [3.05, 3.63) is 29.3 Å². The first-order valence-corrected chi connectivity index (χ1v) is 8.14. The SMILES string of the molecule is O=C1CC(N2C(=O)[C@@H]3CCCN3C2=O)CN1c1ccccc1Cl. The van der Waals surface area contributed by atoms with E-state index in [1.54, 1.807) is 28.0 Å². The van der Waals surface area contributed by atoms with Crippen molar-refractivity contribution in [3.63, 3.8) is 0 Å². The molecule has 2 atom stereocenters. The molecule has 1 aromatic rings. The van der Waals surface area contributed by atoms with Crippen LogP contribution < -0.4 is 4.90 Å². The van der Waals surface area contributed by atoms with Gasteiger partial charge in [-0.25, -0.2) is 4.79 Å². The number of hydrogen-bond donors (Lipinski definition) is 0. The average molecular weight is 334 g/mol. The third-order valence-corrected chi connectivity index (χ3v) is 5.16. The number of carbonyl (C=O) groups is 3. The van der Waals surface area contributed by atoms with E-state index in [1.807, 2.05) is 6.07 Å². The summed E-state index contributed by atoms with van der Waals surface area (Å²) in [6.07, 6.45) is 1.74. The van der Waals surface area contributed by atoms with E-state index >= 15 is 0 Å². The Kier molecular flexibility index (Phi) is 3.30. The molecule has 3 aliphatic rings. The van der Waals surface area contributed by atoms with Crippen LogP contribution in [0.5, 0.6) is 0 Å². The Balaban J connectivity index is 1.58. The Hall–Kier alpha value is -2.08. The first-order chi connectivity index (χ1) is 11.1. The van der Waals surface area contributed by atoms with E-state index in [0.717, 1.165) is 12.8 Å². The van der Waals surface area contributed by atoms with E-state index in [-0.39, 0.29) is 30.3 Å². The molecule has 1 unspecified atom stereocenters. The number of nitrogens with zero attached hydrogens (tertiary/aromatic N) is 3. The van der Waals surface area contributed by atoms with Gasteiger partial charge in [-0.15, -0.1) is 0 Å². The van der Waals surface area contributed by atoms with E-state index in [4.69, 9.17) is 11.6 Å². The summed E-state index contributed by atoms with van der Waals surface area (Å²) in [7, 11) is 0. The number of hydrogen-bond acceptors (Lipinski definition) is 3. The molecule has 0 bridgehead atoms. The molecular formula is C16H16ClN3O3. The standard InChI is InChI=1S/C16H16ClN3O3/c17-11-4-1-2-5-12(11)19-9-10(8-14(19)21)20-15(22)13-6-3-7-18(13)16(20)23/h1-2,4-5,10,13H,3,6-9H2/t10?,13-/m0/s1. The molecule has 0 aliphatic carbocycles. The number of carbonyl (C=O) groups excluding carboxylic acids is 3. The maximum Gasteiger partial charge on any atom is 0.327 e. The monoisotopic (exact) mass is 333 g/mol. The lowest BCUT2D eigenvalue weighted by molar-refractivity contribution is -0.129. The lowest BCUT2D eigenvalue weighted by Crippen LogP contribution is -2.43. The highest BCUT2D eigenvalue weighted by molar-refractivity contribution is 6.33. The number of benzene rings is 1. The Bertz CT molecular complexity index is 686. The van der Waals surface area contributed by atoms with Crippen LogP contribution in [0.1, 0.15) is 19.3 Å². The maximum atomic E-state index is 12.5. The van der Waals surface area contributed by atoms with Crippen LogP contribution in [0.3, 0.4) is 0 Å². The molecule has 3 heterocycles. The van der Waals surface area contributed by atoms with Crippen LogP contribution in [0.4, 0.5) is 10.5 Å². The van der Waals surface area contributed by atoms with E-state index in [0.29, 0.717) is 23.8 Å². The highest BCUT2D eigenvalue weighted by Gasteiger charge is 2.52. The topological polar surface area (TPSA) is 60.9 Å². The second-order valence-electron chi connectivity index (χ2n) is 6.16. The van der Waals surface area contributed by atoms with Gasteiger partial charge < -0.3 is 9.80 Å². The molecule has 120 valence electrons. The van der Waals surface area contributed by atoms with Crippen LogP contribution in [0.15, 0.2) is 24.3 Å². The van der Waals surface area contributed by atoms with Crippen molar-refractivity contribution in [1.82, 2.24) is 9.80 Å². The zero-order chi connectivity index (χ0) is 16.1. The molecule has 0 spiro atoms. The van der Waals surface area contributed by atoms with Crippen molar-refractivity contribution < 1.29 is 14.4 Å². The molecule has 0 aromatic heterocycles. The van der Waals surface area contributed by atoms with Gasteiger partial charge in [0.1, 0.15) is 6.04 Å². The van der Waals surface area contributed by atoms with Crippen molar-refractivity contribution in [1.29, 1.82) is 0 Å². The molecule has 3 saturated heterocycles. The lowest BCUT2D eigenvalue weighted by atomic mass is 10.2. The summed E-state index contributed by atoms with van der Waals surface area (Å²) in [5, 5.41) is 0.487. The minimum Gasteiger partial charge on any atom is -0.312 e. The Morgan fingerprint density at radius 2 is 1.91 bits per heavy atom. The van der Waals surface area contributed by atoms with Crippen LogP contribution in [-0.2, 0) is 9.59 Å². The second kappa shape index (κ2) is 5.23. The molecule has 0 N–H and O–H groups in total. The summed E-state index contributed by atoms with van der Waals surface area (Å²) >= 11 is 6.16. The maximum absolute atomic E-state index is 12.5. The largest absolute Gasteiger partial charge is 0.327 e. The number of fused-ring (bicyclic) bond motifs is 1. The summed E-state index contributed by atoms with van der Waals surface area (Å²) in [5.41, 5.74) is 0.626. The Labute approximate surface area is 138 Å². The molecule has 6 nitrogen and oxygen atoms in total. The van der Waals surface area contributed by atoms with Gasteiger partial charge in [-0.1, -0.05) is 23.7 Å². The summed E-state index contributed by atoms with van der Waals surface area (Å²) in [4.78, 5) is 41.8. The van der Waals surface area contributed by atoms with Gasteiger partial charge in [0.15, 0.2) is 0 Å². The first kappa shape index (κ1) is 14.5. The second-order valence-corrected chi connectivity index (χ2v) is 6.56. The summed E-state index contributed by atoms with van der Waals surface area (Å²) in [6, 6.07) is 6.11. The molecule has 1 aromatic carbocycles. The smallest absolute Gasteiger partial charge is 0.312 e. The molecule has 3 aliphatic heterocycles. The zero-order valence-corrected chi connectivity index (χ0v) is 13.2. The van der Waals surface area contributed by atoms with Crippen LogP contribution in [0.2, 0.25) is 5.02 Å². The highest BCUT2D eigenvalue weighted by atomic mass is 35.5. The Morgan fingerprint density at radius 3 is 2.65 bits per heavy atom. The van der Waals surface area contributed by atoms with Crippen molar-refractivity contribution >= 4 is 35.1 Å². The number of rotatable bonds is 2.